The van der Waals surface area contributed by atoms with Crippen LogP contribution in [0.5, 0.6) is 0 Å². The number of nitrogens with one attached hydrogen (secondary N) is 1. The molecule has 0 saturated heterocycles. The van der Waals surface area contributed by atoms with Gasteiger partial charge >= 0.3 is 0 Å². The standard InChI is InChI=1S/C17H27N3S/c1-5-8-18-11-17-9-14(13(4)21-17)12-20-16(7-3)10-15(6-2)19-20/h9-10,18H,5-8,11-12H2,1-4H3. The molecule has 0 aliphatic heterocycles. The molecule has 0 bridgehead atoms. The van der Waals surface area contributed by atoms with Crippen LogP contribution >= 0.6 is 11.3 Å². The molecule has 0 aromatic carbocycles. The van der Waals surface area contributed by atoms with Crippen molar-refractivity contribution in [1.82, 2.24) is 15.1 Å². The second kappa shape index (κ2) is 7.76. The Hall–Kier alpha value is -1.13. The molecule has 0 aliphatic carbocycles. The summed E-state index contributed by atoms with van der Waals surface area (Å²) in [6.07, 6.45) is 3.24. The maximum atomic E-state index is 4.73. The fourth-order valence-electron chi connectivity index (χ4n) is 2.49. The van der Waals surface area contributed by atoms with Gasteiger partial charge in [-0.1, -0.05) is 20.8 Å². The molecule has 116 valence electrons. The van der Waals surface area contributed by atoms with Gasteiger partial charge in [-0.25, -0.2) is 0 Å². The monoisotopic (exact) mass is 305 g/mol. The van der Waals surface area contributed by atoms with Gasteiger partial charge in [-0.3, -0.25) is 4.68 Å². The molecule has 2 aromatic heterocycles. The first-order valence-corrected chi connectivity index (χ1v) is 8.84. The Morgan fingerprint density at radius 2 is 2.00 bits per heavy atom. The quantitative estimate of drug-likeness (QED) is 0.749. The zero-order chi connectivity index (χ0) is 15.2. The predicted molar refractivity (Wildman–Crippen MR) is 91.1 cm³/mol. The van der Waals surface area contributed by atoms with Crippen molar-refractivity contribution in [3.05, 3.63) is 38.8 Å². The minimum atomic E-state index is 0.902. The first-order chi connectivity index (χ1) is 10.2. The summed E-state index contributed by atoms with van der Waals surface area (Å²) in [5, 5.41) is 8.21. The van der Waals surface area contributed by atoms with E-state index in [0.717, 1.165) is 32.5 Å². The van der Waals surface area contributed by atoms with Crippen LogP contribution in [-0.2, 0) is 25.9 Å². The molecule has 0 amide bonds. The maximum absolute atomic E-state index is 4.73. The van der Waals surface area contributed by atoms with E-state index in [0.29, 0.717) is 0 Å². The van der Waals surface area contributed by atoms with Gasteiger partial charge in [-0.2, -0.15) is 5.10 Å². The molecular formula is C17H27N3S. The number of aryl methyl sites for hydroxylation is 3. The van der Waals surface area contributed by atoms with E-state index in [2.05, 4.69) is 49.8 Å². The molecular weight excluding hydrogens is 278 g/mol. The van der Waals surface area contributed by atoms with Crippen LogP contribution in [-0.4, -0.2) is 16.3 Å². The lowest BCUT2D eigenvalue weighted by Crippen LogP contribution is -2.12. The third-order valence-electron chi connectivity index (χ3n) is 3.76. The molecule has 1 N–H and O–H groups in total. The van der Waals surface area contributed by atoms with Crippen LogP contribution < -0.4 is 5.32 Å². The lowest BCUT2D eigenvalue weighted by molar-refractivity contribution is 0.639. The first-order valence-electron chi connectivity index (χ1n) is 8.02. The zero-order valence-corrected chi connectivity index (χ0v) is 14.5. The fourth-order valence-corrected chi connectivity index (χ4v) is 3.51. The summed E-state index contributed by atoms with van der Waals surface area (Å²) < 4.78 is 2.18. The predicted octanol–water partition coefficient (Wildman–Crippen LogP) is 3.93. The summed E-state index contributed by atoms with van der Waals surface area (Å²) in [5.74, 6) is 0. The van der Waals surface area contributed by atoms with E-state index >= 15 is 0 Å². The van der Waals surface area contributed by atoms with Gasteiger partial charge in [0.25, 0.3) is 0 Å². The molecule has 0 spiro atoms. The summed E-state index contributed by atoms with van der Waals surface area (Å²) in [6, 6.07) is 4.58. The van der Waals surface area contributed by atoms with Gasteiger partial charge in [0.2, 0.25) is 0 Å². The SMILES string of the molecule is CCCNCc1cc(Cn2nc(CC)cc2CC)c(C)s1. The zero-order valence-electron chi connectivity index (χ0n) is 13.7. The molecule has 0 saturated carbocycles. The number of aromatic nitrogens is 2. The van der Waals surface area contributed by atoms with Crippen molar-refractivity contribution in [1.29, 1.82) is 0 Å². The Kier molecular flexibility index (Phi) is 6.00. The fraction of sp³-hybridized carbons (Fsp3) is 0.588. The minimum Gasteiger partial charge on any atom is -0.312 e. The summed E-state index contributed by atoms with van der Waals surface area (Å²) >= 11 is 1.91. The molecule has 0 aliphatic rings. The highest BCUT2D eigenvalue weighted by molar-refractivity contribution is 7.12. The van der Waals surface area contributed by atoms with Crippen LogP contribution in [0.25, 0.3) is 0 Å². The third-order valence-corrected chi connectivity index (χ3v) is 4.85. The number of thiophene rings is 1. The van der Waals surface area contributed by atoms with Gasteiger partial charge < -0.3 is 5.32 Å². The lowest BCUT2D eigenvalue weighted by Gasteiger charge is -2.05. The normalized spacial score (nSPS) is 11.2. The molecule has 0 atom stereocenters. The van der Waals surface area contributed by atoms with Crippen molar-refractivity contribution in [2.45, 2.75) is 60.0 Å². The minimum absolute atomic E-state index is 0.902. The highest BCUT2D eigenvalue weighted by atomic mass is 32.1. The Labute approximate surface area is 132 Å². The van der Waals surface area contributed by atoms with E-state index in [9.17, 15) is 0 Å². The molecule has 0 fully saturated rings. The molecule has 2 aromatic rings. The average Bonchev–Trinajstić information content (AvgIpc) is 3.03. The Morgan fingerprint density at radius 3 is 2.67 bits per heavy atom. The topological polar surface area (TPSA) is 29.9 Å². The van der Waals surface area contributed by atoms with E-state index in [1.165, 1.54) is 33.1 Å². The van der Waals surface area contributed by atoms with E-state index in [1.807, 2.05) is 11.3 Å². The number of hydrogen-bond donors (Lipinski definition) is 1. The second-order valence-electron chi connectivity index (χ2n) is 5.46. The Morgan fingerprint density at radius 1 is 1.19 bits per heavy atom. The third kappa shape index (κ3) is 4.17. The Bertz CT molecular complexity index is 569. The largest absolute Gasteiger partial charge is 0.312 e. The molecule has 2 rings (SSSR count). The van der Waals surface area contributed by atoms with Crippen LogP contribution in [0.2, 0.25) is 0 Å². The van der Waals surface area contributed by atoms with Gasteiger partial charge in [0.1, 0.15) is 0 Å². The molecule has 21 heavy (non-hydrogen) atoms. The first kappa shape index (κ1) is 16.2. The maximum Gasteiger partial charge on any atom is 0.0673 e. The van der Waals surface area contributed by atoms with Crippen molar-refractivity contribution >= 4 is 11.3 Å². The van der Waals surface area contributed by atoms with E-state index in [4.69, 9.17) is 5.10 Å². The van der Waals surface area contributed by atoms with Gasteiger partial charge in [0, 0.05) is 22.0 Å². The smallest absolute Gasteiger partial charge is 0.0673 e. The summed E-state index contributed by atoms with van der Waals surface area (Å²) in [6.45, 7) is 11.8. The van der Waals surface area contributed by atoms with Crippen LogP contribution in [0.3, 0.4) is 0 Å². The van der Waals surface area contributed by atoms with Crippen LogP contribution in [0.4, 0.5) is 0 Å². The van der Waals surface area contributed by atoms with E-state index in [1.54, 1.807) is 0 Å². The Balaban J connectivity index is 2.10. The highest BCUT2D eigenvalue weighted by Crippen LogP contribution is 2.23. The van der Waals surface area contributed by atoms with E-state index < -0.39 is 0 Å². The van der Waals surface area contributed by atoms with Gasteiger partial charge in [0.05, 0.1) is 12.2 Å². The number of nitrogens with zero attached hydrogens (tertiary/aromatic N) is 2. The molecule has 4 heteroatoms. The number of hydrogen-bond acceptors (Lipinski definition) is 3. The van der Waals surface area contributed by atoms with E-state index in [-0.39, 0.29) is 0 Å². The summed E-state index contributed by atoms with van der Waals surface area (Å²) in [5.41, 5.74) is 3.95. The van der Waals surface area contributed by atoms with Crippen molar-refractivity contribution in [3.63, 3.8) is 0 Å². The van der Waals surface area contributed by atoms with Gasteiger partial charge in [-0.05, 0) is 50.4 Å². The molecule has 2 heterocycles. The second-order valence-corrected chi connectivity index (χ2v) is 6.80. The molecule has 0 unspecified atom stereocenters. The van der Waals surface area contributed by atoms with Crippen molar-refractivity contribution in [3.8, 4) is 0 Å². The van der Waals surface area contributed by atoms with Crippen LogP contribution in [0.1, 0.15) is 53.9 Å². The van der Waals surface area contributed by atoms with Gasteiger partial charge in [-0.15, -0.1) is 11.3 Å². The van der Waals surface area contributed by atoms with Crippen LogP contribution in [0, 0.1) is 6.92 Å². The highest BCUT2D eigenvalue weighted by Gasteiger charge is 2.10. The molecule has 3 nitrogen and oxygen atoms in total. The summed E-state index contributed by atoms with van der Waals surface area (Å²) in [7, 11) is 0. The van der Waals surface area contributed by atoms with Crippen molar-refractivity contribution in [2.24, 2.45) is 0 Å². The molecule has 0 radical (unpaired) electrons. The lowest BCUT2D eigenvalue weighted by atomic mass is 10.2. The number of rotatable bonds is 8. The van der Waals surface area contributed by atoms with Gasteiger partial charge in [0.15, 0.2) is 0 Å². The summed E-state index contributed by atoms with van der Waals surface area (Å²) in [4.78, 5) is 2.84. The van der Waals surface area contributed by atoms with Crippen molar-refractivity contribution in [2.75, 3.05) is 6.54 Å². The average molecular weight is 305 g/mol. The van der Waals surface area contributed by atoms with Crippen molar-refractivity contribution < 1.29 is 0 Å². The van der Waals surface area contributed by atoms with Crippen LogP contribution in [0.15, 0.2) is 12.1 Å².